The second-order valence-electron chi connectivity index (χ2n) is 7.29. The van der Waals surface area contributed by atoms with Crippen LogP contribution in [-0.2, 0) is 0 Å². The van der Waals surface area contributed by atoms with Gasteiger partial charge in [0.05, 0.1) is 28.6 Å². The van der Waals surface area contributed by atoms with Crippen molar-refractivity contribution in [2.75, 3.05) is 5.32 Å². The zero-order valence-electron chi connectivity index (χ0n) is 15.4. The van der Waals surface area contributed by atoms with E-state index in [9.17, 15) is 14.3 Å². The number of aliphatic hydroxyl groups excluding tert-OH is 1. The number of nitrogens with zero attached hydrogens (tertiary/aromatic N) is 3. The summed E-state index contributed by atoms with van der Waals surface area (Å²) < 4.78 is 14.2. The molecule has 6 nitrogen and oxygen atoms in total. The highest BCUT2D eigenvalue weighted by Crippen LogP contribution is 2.31. The molecule has 0 aliphatic heterocycles. The highest BCUT2D eigenvalue weighted by atomic mass is 32.1. The van der Waals surface area contributed by atoms with Gasteiger partial charge in [-0.15, -0.1) is 11.3 Å². The number of thiophene rings is 1. The summed E-state index contributed by atoms with van der Waals surface area (Å²) in [6.45, 7) is 1.86. The molecule has 1 aliphatic carbocycles. The van der Waals surface area contributed by atoms with Gasteiger partial charge in [0, 0.05) is 12.6 Å². The van der Waals surface area contributed by atoms with Crippen LogP contribution in [0.25, 0.3) is 10.2 Å². The molecule has 1 saturated carbocycles. The van der Waals surface area contributed by atoms with Gasteiger partial charge in [0.15, 0.2) is 5.78 Å². The lowest BCUT2D eigenvalue weighted by Gasteiger charge is -2.15. The number of halogens is 1. The Labute approximate surface area is 165 Å². The van der Waals surface area contributed by atoms with Crippen LogP contribution in [0, 0.1) is 11.7 Å². The van der Waals surface area contributed by atoms with Crippen molar-refractivity contribution < 1.29 is 14.3 Å². The second kappa shape index (κ2) is 7.89. The average molecular weight is 400 g/mol. The summed E-state index contributed by atoms with van der Waals surface area (Å²) in [5.74, 6) is 0.0886. The van der Waals surface area contributed by atoms with Gasteiger partial charge >= 0.3 is 0 Å². The van der Waals surface area contributed by atoms with Crippen LogP contribution in [0.4, 0.5) is 10.3 Å². The van der Waals surface area contributed by atoms with Crippen LogP contribution in [0.2, 0.25) is 0 Å². The summed E-state index contributed by atoms with van der Waals surface area (Å²) in [6.07, 6.45) is 5.09. The lowest BCUT2D eigenvalue weighted by Crippen LogP contribution is -2.14. The van der Waals surface area contributed by atoms with Crippen molar-refractivity contribution in [2.45, 2.75) is 44.8 Å². The normalized spacial score (nSPS) is 20.4. The molecule has 146 valence electrons. The number of fused-ring (bicyclic) bond motifs is 1. The average Bonchev–Trinajstić information content (AvgIpc) is 3.29. The van der Waals surface area contributed by atoms with E-state index in [0.717, 1.165) is 23.7 Å². The quantitative estimate of drug-likeness (QED) is 0.605. The summed E-state index contributed by atoms with van der Waals surface area (Å²) in [5, 5.41) is 14.8. The molecular weight excluding hydrogens is 379 g/mol. The number of nitrogens with one attached hydrogen (secondary N) is 1. The Hall–Kier alpha value is -2.45. The third-order valence-electron chi connectivity index (χ3n) is 5.13. The monoisotopic (exact) mass is 400 g/mol. The van der Waals surface area contributed by atoms with E-state index in [2.05, 4.69) is 20.3 Å². The minimum absolute atomic E-state index is 0.0305. The van der Waals surface area contributed by atoms with Crippen molar-refractivity contribution in [3.63, 3.8) is 0 Å². The number of aromatic nitrogens is 3. The fourth-order valence-corrected chi connectivity index (χ4v) is 4.49. The number of rotatable bonds is 6. The Morgan fingerprint density at radius 3 is 3.00 bits per heavy atom. The van der Waals surface area contributed by atoms with Crippen molar-refractivity contribution in [3.05, 3.63) is 47.0 Å². The largest absolute Gasteiger partial charge is 0.393 e. The maximum Gasteiger partial charge on any atom is 0.224 e. The SMILES string of the molecule is C[C@H](Nc1nc(C(=O)CC2CC[C@@H](O)C2)c2sccc2n1)c1cncc(F)c1. The molecular formula is C20H21FN4O2S. The molecule has 28 heavy (non-hydrogen) atoms. The van der Waals surface area contributed by atoms with E-state index in [-0.39, 0.29) is 23.8 Å². The fraction of sp³-hybridized carbons (Fsp3) is 0.400. The standard InChI is InChI=1S/C20H21FN4O2S/c1-11(13-8-14(21)10-22-9-13)23-20-24-16-4-5-28-19(16)18(25-20)17(27)7-12-2-3-15(26)6-12/h4-5,8-12,15,26H,2-3,6-7H2,1H3,(H,23,24,25)/t11-,12?,15+/m0/s1. The number of carbonyl (C=O) groups is 1. The molecule has 0 spiro atoms. The first-order valence-corrected chi connectivity index (χ1v) is 10.2. The van der Waals surface area contributed by atoms with E-state index in [4.69, 9.17) is 0 Å². The van der Waals surface area contributed by atoms with Crippen molar-refractivity contribution >= 4 is 33.3 Å². The summed E-state index contributed by atoms with van der Waals surface area (Å²) in [4.78, 5) is 25.8. The van der Waals surface area contributed by atoms with Gasteiger partial charge in [-0.05, 0) is 55.2 Å². The fourth-order valence-electron chi connectivity index (χ4n) is 3.65. The van der Waals surface area contributed by atoms with Gasteiger partial charge in [0.1, 0.15) is 11.5 Å². The first-order valence-electron chi connectivity index (χ1n) is 9.33. The maximum absolute atomic E-state index is 13.4. The third-order valence-corrected chi connectivity index (χ3v) is 6.04. The van der Waals surface area contributed by atoms with E-state index in [1.165, 1.54) is 17.4 Å². The zero-order chi connectivity index (χ0) is 19.7. The Kier molecular flexibility index (Phi) is 5.32. The lowest BCUT2D eigenvalue weighted by atomic mass is 9.99. The number of ketones is 1. The predicted molar refractivity (Wildman–Crippen MR) is 106 cm³/mol. The van der Waals surface area contributed by atoms with E-state index < -0.39 is 5.82 Å². The predicted octanol–water partition coefficient (Wildman–Crippen LogP) is 4.13. The van der Waals surface area contributed by atoms with E-state index in [0.29, 0.717) is 35.6 Å². The van der Waals surface area contributed by atoms with Crippen LogP contribution in [0.3, 0.4) is 0 Å². The van der Waals surface area contributed by atoms with Crippen molar-refractivity contribution in [2.24, 2.45) is 5.92 Å². The molecule has 3 aromatic rings. The van der Waals surface area contributed by atoms with Gasteiger partial charge < -0.3 is 10.4 Å². The van der Waals surface area contributed by atoms with Crippen molar-refractivity contribution in [1.29, 1.82) is 0 Å². The van der Waals surface area contributed by atoms with Crippen LogP contribution in [0.5, 0.6) is 0 Å². The van der Waals surface area contributed by atoms with E-state index in [1.807, 2.05) is 18.4 Å². The summed E-state index contributed by atoms with van der Waals surface area (Å²) in [6, 6.07) is 3.00. The summed E-state index contributed by atoms with van der Waals surface area (Å²) in [7, 11) is 0. The molecule has 8 heteroatoms. The Morgan fingerprint density at radius 2 is 2.25 bits per heavy atom. The highest BCUT2D eigenvalue weighted by Gasteiger charge is 2.27. The maximum atomic E-state index is 13.4. The number of aliphatic hydroxyl groups is 1. The highest BCUT2D eigenvalue weighted by molar-refractivity contribution is 7.17. The lowest BCUT2D eigenvalue weighted by molar-refractivity contribution is 0.0954. The molecule has 1 fully saturated rings. The van der Waals surface area contributed by atoms with Gasteiger partial charge in [-0.2, -0.15) is 0 Å². The molecule has 2 N–H and O–H groups in total. The number of hydrogen-bond acceptors (Lipinski definition) is 7. The molecule has 0 radical (unpaired) electrons. The van der Waals surface area contributed by atoms with E-state index >= 15 is 0 Å². The topological polar surface area (TPSA) is 88.0 Å². The molecule has 1 unspecified atom stereocenters. The van der Waals surface area contributed by atoms with Crippen molar-refractivity contribution in [1.82, 2.24) is 15.0 Å². The van der Waals surface area contributed by atoms with Crippen LogP contribution in [0.1, 0.15) is 54.7 Å². The first kappa shape index (κ1) is 18.9. The molecule has 0 aromatic carbocycles. The van der Waals surface area contributed by atoms with Gasteiger partial charge in [0.25, 0.3) is 0 Å². The molecule has 3 aromatic heterocycles. The molecule has 0 bridgehead atoms. The van der Waals surface area contributed by atoms with Crippen molar-refractivity contribution in [3.8, 4) is 0 Å². The minimum Gasteiger partial charge on any atom is -0.393 e. The summed E-state index contributed by atoms with van der Waals surface area (Å²) in [5.41, 5.74) is 1.79. The van der Waals surface area contributed by atoms with Gasteiger partial charge in [-0.1, -0.05) is 0 Å². The molecule has 0 saturated heterocycles. The Bertz CT molecular complexity index is 1010. The molecule has 1 aliphatic rings. The molecule has 0 amide bonds. The smallest absolute Gasteiger partial charge is 0.224 e. The number of hydrogen-bond donors (Lipinski definition) is 2. The number of carbonyl (C=O) groups excluding carboxylic acids is 1. The van der Waals surface area contributed by atoms with Crippen LogP contribution >= 0.6 is 11.3 Å². The second-order valence-corrected chi connectivity index (χ2v) is 8.21. The van der Waals surface area contributed by atoms with Gasteiger partial charge in [-0.3, -0.25) is 9.78 Å². The zero-order valence-corrected chi connectivity index (χ0v) is 16.2. The minimum atomic E-state index is -0.407. The van der Waals surface area contributed by atoms with Crippen LogP contribution < -0.4 is 5.32 Å². The van der Waals surface area contributed by atoms with Crippen LogP contribution in [0.15, 0.2) is 29.9 Å². The Balaban J connectivity index is 1.59. The molecule has 3 heterocycles. The Morgan fingerprint density at radius 1 is 1.39 bits per heavy atom. The summed E-state index contributed by atoms with van der Waals surface area (Å²) >= 11 is 1.44. The van der Waals surface area contributed by atoms with Crippen LogP contribution in [-0.4, -0.2) is 31.9 Å². The number of anilines is 1. The van der Waals surface area contributed by atoms with E-state index in [1.54, 1.807) is 6.20 Å². The first-order chi connectivity index (χ1) is 13.5. The van der Waals surface area contributed by atoms with Gasteiger partial charge in [0.2, 0.25) is 5.95 Å². The molecule has 4 rings (SSSR count). The van der Waals surface area contributed by atoms with Gasteiger partial charge in [-0.25, -0.2) is 14.4 Å². The third kappa shape index (κ3) is 4.02. The number of Topliss-reactive ketones (excluding diaryl/α,β-unsaturated/α-hetero) is 1. The number of pyridine rings is 1. The molecule has 3 atom stereocenters.